The number of amides is 1. The molecule has 0 atom stereocenters. The van der Waals surface area contributed by atoms with E-state index in [1.54, 1.807) is 0 Å². The Balaban J connectivity index is 1.83. The van der Waals surface area contributed by atoms with Crippen LogP contribution in [0.1, 0.15) is 13.8 Å². The second-order valence-electron chi connectivity index (χ2n) is 5.37. The quantitative estimate of drug-likeness (QED) is 0.630. The lowest BCUT2D eigenvalue weighted by Gasteiger charge is -2.08. The predicted octanol–water partition coefficient (Wildman–Crippen LogP) is 4.50. The molecule has 0 bridgehead atoms. The molecule has 1 N–H and O–H groups in total. The van der Waals surface area contributed by atoms with Crippen LogP contribution in [-0.4, -0.2) is 25.8 Å². The third-order valence-electron chi connectivity index (χ3n) is 3.00. The smallest absolute Gasteiger partial charge is 0.411 e. The first kappa shape index (κ1) is 15.9. The van der Waals surface area contributed by atoms with Crippen molar-refractivity contribution in [3.63, 3.8) is 0 Å². The van der Waals surface area contributed by atoms with Gasteiger partial charge in [0.2, 0.25) is 0 Å². The van der Waals surface area contributed by atoms with Gasteiger partial charge in [0.1, 0.15) is 6.61 Å². The summed E-state index contributed by atoms with van der Waals surface area (Å²) in [6.45, 7) is 5.45. The Bertz CT molecular complexity index is 648. The normalized spacial score (nSPS) is 11.2. The molecule has 0 aliphatic heterocycles. The molecular weight excluding hydrogens is 278 g/mol. The molecule has 2 aromatic rings. The maximum atomic E-state index is 11.8. The minimum absolute atomic E-state index is 0.220. The second-order valence-corrected chi connectivity index (χ2v) is 5.37. The molecule has 0 aliphatic rings. The highest BCUT2D eigenvalue weighted by molar-refractivity contribution is 6.00. The molecule has 1 amide bonds. The number of nitrogens with zero attached hydrogens (tertiary/aromatic N) is 2. The van der Waals surface area contributed by atoms with Crippen LogP contribution in [0, 0.1) is 5.92 Å². The molecule has 0 unspecified atom stereocenters. The number of hydrogen-bond acceptors (Lipinski definition) is 4. The summed E-state index contributed by atoms with van der Waals surface area (Å²) in [5, 5.41) is 12.8. The topological polar surface area (TPSA) is 63.1 Å². The van der Waals surface area contributed by atoms with Gasteiger partial charge in [0.15, 0.2) is 0 Å². The molecule has 0 fully saturated rings. The average molecular weight is 299 g/mol. The zero-order valence-electron chi connectivity index (χ0n) is 13.0. The van der Waals surface area contributed by atoms with E-state index in [0.29, 0.717) is 19.0 Å². The van der Waals surface area contributed by atoms with Gasteiger partial charge in [-0.25, -0.2) is 4.79 Å². The van der Waals surface area contributed by atoms with Gasteiger partial charge < -0.3 is 4.74 Å². The summed E-state index contributed by atoms with van der Waals surface area (Å²) in [4.78, 5) is 11.8. The third kappa shape index (κ3) is 4.84. The van der Waals surface area contributed by atoms with Crippen molar-refractivity contribution >= 4 is 22.6 Å². The van der Waals surface area contributed by atoms with Crippen LogP contribution < -0.4 is 5.32 Å². The van der Waals surface area contributed by atoms with Gasteiger partial charge in [-0.05, 0) is 17.4 Å². The van der Waals surface area contributed by atoms with E-state index in [0.717, 1.165) is 16.5 Å². The van der Waals surface area contributed by atoms with Gasteiger partial charge in [0.25, 0.3) is 0 Å². The lowest BCUT2D eigenvalue weighted by Crippen LogP contribution is -2.15. The Morgan fingerprint density at radius 1 is 1.14 bits per heavy atom. The molecule has 5 heteroatoms. The van der Waals surface area contributed by atoms with Crippen molar-refractivity contribution in [3.05, 3.63) is 42.5 Å². The van der Waals surface area contributed by atoms with Gasteiger partial charge in [-0.3, -0.25) is 5.32 Å². The number of carbonyl (C=O) groups is 1. The van der Waals surface area contributed by atoms with Crippen molar-refractivity contribution in [3.8, 4) is 0 Å². The van der Waals surface area contributed by atoms with Crippen LogP contribution in [0.25, 0.3) is 10.8 Å². The summed E-state index contributed by atoms with van der Waals surface area (Å²) in [6, 6.07) is 13.6. The van der Waals surface area contributed by atoms with Gasteiger partial charge in [0, 0.05) is 5.39 Å². The third-order valence-corrected chi connectivity index (χ3v) is 3.00. The molecule has 116 valence electrons. The fourth-order valence-electron chi connectivity index (χ4n) is 1.95. The van der Waals surface area contributed by atoms with E-state index >= 15 is 0 Å². The van der Waals surface area contributed by atoms with Crippen LogP contribution in [0.2, 0.25) is 0 Å². The molecule has 0 spiro atoms. The molecule has 0 aliphatic carbocycles. The first-order chi connectivity index (χ1) is 10.7. The van der Waals surface area contributed by atoms with Crippen molar-refractivity contribution in [2.45, 2.75) is 13.8 Å². The van der Waals surface area contributed by atoms with Crippen molar-refractivity contribution in [2.24, 2.45) is 16.1 Å². The Hall–Kier alpha value is -2.43. The Labute approximate surface area is 130 Å². The number of azo groups is 1. The first-order valence-electron chi connectivity index (χ1n) is 7.41. The number of benzene rings is 2. The summed E-state index contributed by atoms with van der Waals surface area (Å²) in [5.74, 6) is 0.485. The minimum Gasteiger partial charge on any atom is -0.447 e. The zero-order chi connectivity index (χ0) is 15.8. The summed E-state index contributed by atoms with van der Waals surface area (Å²) in [5.41, 5.74) is 0.740. The van der Waals surface area contributed by atoms with Crippen molar-refractivity contribution in [1.29, 1.82) is 0 Å². The highest BCUT2D eigenvalue weighted by atomic mass is 16.5. The SMILES string of the molecule is CC(C)CN=NCCOC(=O)Nc1cccc2ccccc12. The highest BCUT2D eigenvalue weighted by Crippen LogP contribution is 2.22. The maximum absolute atomic E-state index is 11.8. The molecule has 0 heterocycles. The van der Waals surface area contributed by atoms with E-state index in [2.05, 4.69) is 29.4 Å². The largest absolute Gasteiger partial charge is 0.447 e. The summed E-state index contributed by atoms with van der Waals surface area (Å²) in [6.07, 6.45) is -0.476. The van der Waals surface area contributed by atoms with Gasteiger partial charge in [0.05, 0.1) is 18.8 Å². The molecule has 5 nitrogen and oxygen atoms in total. The van der Waals surface area contributed by atoms with E-state index in [9.17, 15) is 4.79 Å². The standard InChI is InChI=1S/C17H21N3O2/c1-13(2)12-19-18-10-11-22-17(21)20-16-9-5-7-14-6-3-4-8-15(14)16/h3-9,13H,10-12H2,1-2H3,(H,20,21). The minimum atomic E-state index is -0.476. The molecule has 2 aromatic carbocycles. The van der Waals surface area contributed by atoms with Crippen molar-refractivity contribution in [1.82, 2.24) is 0 Å². The van der Waals surface area contributed by atoms with Crippen LogP contribution in [0.4, 0.5) is 10.5 Å². The number of nitrogens with one attached hydrogen (secondary N) is 1. The lowest BCUT2D eigenvalue weighted by atomic mass is 10.1. The molecule has 22 heavy (non-hydrogen) atoms. The van der Waals surface area contributed by atoms with Crippen LogP contribution in [0.3, 0.4) is 0 Å². The molecule has 0 saturated carbocycles. The number of rotatable bonds is 6. The van der Waals surface area contributed by atoms with Gasteiger partial charge in [-0.2, -0.15) is 10.2 Å². The number of anilines is 1. The summed E-state index contributed by atoms with van der Waals surface area (Å²) in [7, 11) is 0. The molecule has 2 rings (SSSR count). The number of ether oxygens (including phenoxy) is 1. The fraction of sp³-hybridized carbons (Fsp3) is 0.353. The van der Waals surface area contributed by atoms with Crippen LogP contribution in [0.5, 0.6) is 0 Å². The van der Waals surface area contributed by atoms with Gasteiger partial charge in [-0.15, -0.1) is 0 Å². The summed E-state index contributed by atoms with van der Waals surface area (Å²) >= 11 is 0. The van der Waals surface area contributed by atoms with E-state index in [4.69, 9.17) is 4.74 Å². The van der Waals surface area contributed by atoms with Gasteiger partial charge >= 0.3 is 6.09 Å². The molecule has 0 aromatic heterocycles. The van der Waals surface area contributed by atoms with Crippen LogP contribution in [0.15, 0.2) is 52.7 Å². The average Bonchev–Trinajstić information content (AvgIpc) is 2.51. The molecule has 0 saturated heterocycles. The lowest BCUT2D eigenvalue weighted by molar-refractivity contribution is 0.164. The second kappa shape index (κ2) is 8.12. The monoisotopic (exact) mass is 299 g/mol. The van der Waals surface area contributed by atoms with Gasteiger partial charge in [-0.1, -0.05) is 50.2 Å². The Morgan fingerprint density at radius 2 is 1.91 bits per heavy atom. The summed E-state index contributed by atoms with van der Waals surface area (Å²) < 4.78 is 5.10. The van der Waals surface area contributed by atoms with E-state index in [-0.39, 0.29) is 6.61 Å². The van der Waals surface area contributed by atoms with Crippen molar-refractivity contribution < 1.29 is 9.53 Å². The number of fused-ring (bicyclic) bond motifs is 1. The predicted molar refractivity (Wildman–Crippen MR) is 88.3 cm³/mol. The van der Waals surface area contributed by atoms with Crippen LogP contribution >= 0.6 is 0 Å². The Kier molecular flexibility index (Phi) is 5.89. The van der Waals surface area contributed by atoms with Crippen molar-refractivity contribution in [2.75, 3.05) is 25.0 Å². The van der Waals surface area contributed by atoms with E-state index in [1.165, 1.54) is 0 Å². The number of hydrogen-bond donors (Lipinski definition) is 1. The fourth-order valence-corrected chi connectivity index (χ4v) is 1.95. The molecular formula is C17H21N3O2. The zero-order valence-corrected chi connectivity index (χ0v) is 13.0. The van der Waals surface area contributed by atoms with E-state index < -0.39 is 6.09 Å². The van der Waals surface area contributed by atoms with Crippen LogP contribution in [-0.2, 0) is 4.74 Å². The highest BCUT2D eigenvalue weighted by Gasteiger charge is 2.05. The van der Waals surface area contributed by atoms with E-state index in [1.807, 2.05) is 42.5 Å². The Morgan fingerprint density at radius 3 is 2.73 bits per heavy atom. The first-order valence-corrected chi connectivity index (χ1v) is 7.41. The maximum Gasteiger partial charge on any atom is 0.411 e. The molecule has 0 radical (unpaired) electrons. The number of carbonyl (C=O) groups excluding carboxylic acids is 1.